The van der Waals surface area contributed by atoms with Gasteiger partial charge in [0.2, 0.25) is 11.8 Å². The molecule has 3 rings (SSSR count). The highest BCUT2D eigenvalue weighted by molar-refractivity contribution is 7.98. The van der Waals surface area contributed by atoms with E-state index in [0.29, 0.717) is 19.7 Å². The van der Waals surface area contributed by atoms with Gasteiger partial charge in [-0.05, 0) is 49.1 Å². The lowest BCUT2D eigenvalue weighted by Crippen LogP contribution is -2.34. The Hall–Kier alpha value is -2.47. The Kier molecular flexibility index (Phi) is 6.76. The van der Waals surface area contributed by atoms with Gasteiger partial charge in [-0.1, -0.05) is 18.2 Å². The summed E-state index contributed by atoms with van der Waals surface area (Å²) in [4.78, 5) is 27.5. The average molecular weight is 385 g/mol. The summed E-state index contributed by atoms with van der Waals surface area (Å²) < 4.78 is 5.61. The summed E-state index contributed by atoms with van der Waals surface area (Å²) in [6.07, 6.45) is 3.00. The largest absolute Gasteiger partial charge is 0.494 e. The summed E-state index contributed by atoms with van der Waals surface area (Å²) >= 11 is 1.66. The van der Waals surface area contributed by atoms with Gasteiger partial charge in [0.25, 0.3) is 0 Å². The van der Waals surface area contributed by atoms with Crippen LogP contribution in [-0.2, 0) is 9.59 Å². The summed E-state index contributed by atoms with van der Waals surface area (Å²) in [6.45, 7) is 1.52. The summed E-state index contributed by atoms with van der Waals surface area (Å²) in [6, 6.07) is 17.5. The quantitative estimate of drug-likeness (QED) is 0.560. The molecule has 0 aliphatic carbocycles. The molecule has 0 saturated carbocycles. The summed E-state index contributed by atoms with van der Waals surface area (Å²) in [7, 11) is 0. The van der Waals surface area contributed by atoms with Crippen molar-refractivity contribution in [3.8, 4) is 5.75 Å². The SMILES string of the molecule is CSc1ccc(N2C[C@@H](C(=O)NCCCOc3ccccc3)CC2=O)cc1. The van der Waals surface area contributed by atoms with Gasteiger partial charge in [0.1, 0.15) is 5.75 Å². The van der Waals surface area contributed by atoms with Crippen LogP contribution in [0, 0.1) is 5.92 Å². The first-order valence-electron chi connectivity index (χ1n) is 9.07. The first kappa shape index (κ1) is 19.3. The van der Waals surface area contributed by atoms with Crippen molar-refractivity contribution in [2.45, 2.75) is 17.7 Å². The normalized spacial score (nSPS) is 16.4. The Morgan fingerprint density at radius 1 is 1.19 bits per heavy atom. The molecule has 0 radical (unpaired) electrons. The van der Waals surface area contributed by atoms with Gasteiger partial charge >= 0.3 is 0 Å². The van der Waals surface area contributed by atoms with Crippen LogP contribution in [0.5, 0.6) is 5.75 Å². The van der Waals surface area contributed by atoms with E-state index in [4.69, 9.17) is 4.74 Å². The van der Waals surface area contributed by atoms with Crippen LogP contribution >= 0.6 is 11.8 Å². The molecule has 6 heteroatoms. The number of amides is 2. The van der Waals surface area contributed by atoms with Gasteiger partial charge in [0, 0.05) is 30.1 Å². The van der Waals surface area contributed by atoms with E-state index in [0.717, 1.165) is 22.8 Å². The fourth-order valence-corrected chi connectivity index (χ4v) is 3.44. The minimum absolute atomic E-state index is 0.000498. The van der Waals surface area contributed by atoms with Crippen LogP contribution in [0.1, 0.15) is 12.8 Å². The van der Waals surface area contributed by atoms with Crippen LogP contribution < -0.4 is 15.0 Å². The number of hydrogen-bond donors (Lipinski definition) is 1. The Bertz CT molecular complexity index is 765. The lowest BCUT2D eigenvalue weighted by atomic mass is 10.1. The molecule has 1 fully saturated rings. The van der Waals surface area contributed by atoms with Crippen molar-refractivity contribution >= 4 is 29.3 Å². The third kappa shape index (κ3) is 5.26. The number of para-hydroxylation sites is 1. The fourth-order valence-electron chi connectivity index (χ4n) is 3.03. The molecule has 1 atom stereocenters. The molecule has 2 aromatic rings. The maximum absolute atomic E-state index is 12.4. The van der Waals surface area contributed by atoms with Crippen LogP contribution in [-0.4, -0.2) is 37.8 Å². The van der Waals surface area contributed by atoms with Crippen LogP contribution in [0.25, 0.3) is 0 Å². The van der Waals surface area contributed by atoms with Crippen molar-refractivity contribution in [2.75, 3.05) is 30.9 Å². The molecule has 1 saturated heterocycles. The molecule has 0 aromatic heterocycles. The van der Waals surface area contributed by atoms with Crippen molar-refractivity contribution in [2.24, 2.45) is 5.92 Å². The molecule has 1 heterocycles. The highest BCUT2D eigenvalue weighted by Gasteiger charge is 2.34. The molecule has 1 N–H and O–H groups in total. The van der Waals surface area contributed by atoms with E-state index in [1.54, 1.807) is 16.7 Å². The zero-order chi connectivity index (χ0) is 19.1. The maximum atomic E-state index is 12.4. The van der Waals surface area contributed by atoms with E-state index >= 15 is 0 Å². The Labute approximate surface area is 164 Å². The predicted molar refractivity (Wildman–Crippen MR) is 108 cm³/mol. The van der Waals surface area contributed by atoms with E-state index in [1.807, 2.05) is 60.9 Å². The van der Waals surface area contributed by atoms with Gasteiger partial charge in [-0.3, -0.25) is 9.59 Å². The number of anilines is 1. The molecule has 2 aromatic carbocycles. The second-order valence-electron chi connectivity index (χ2n) is 6.41. The number of hydrogen-bond acceptors (Lipinski definition) is 4. The number of nitrogens with one attached hydrogen (secondary N) is 1. The van der Waals surface area contributed by atoms with Crippen LogP contribution in [0.15, 0.2) is 59.5 Å². The van der Waals surface area contributed by atoms with Gasteiger partial charge in [-0.2, -0.15) is 0 Å². The third-order valence-corrected chi connectivity index (χ3v) is 5.26. The third-order valence-electron chi connectivity index (χ3n) is 4.51. The first-order chi connectivity index (χ1) is 13.2. The van der Waals surface area contributed by atoms with E-state index in [2.05, 4.69) is 5.32 Å². The first-order valence-corrected chi connectivity index (χ1v) is 10.3. The van der Waals surface area contributed by atoms with Crippen LogP contribution in [0.3, 0.4) is 0 Å². The molecule has 27 heavy (non-hydrogen) atoms. The maximum Gasteiger partial charge on any atom is 0.227 e. The lowest BCUT2D eigenvalue weighted by Gasteiger charge is -2.17. The summed E-state index contributed by atoms with van der Waals surface area (Å²) in [5.74, 6) is 0.465. The number of carbonyl (C=O) groups is 2. The van der Waals surface area contributed by atoms with E-state index in [9.17, 15) is 9.59 Å². The molecule has 0 spiro atoms. The number of carbonyl (C=O) groups excluding carboxylic acids is 2. The zero-order valence-electron chi connectivity index (χ0n) is 15.4. The number of ether oxygens (including phenoxy) is 1. The topological polar surface area (TPSA) is 58.6 Å². The van der Waals surface area contributed by atoms with Gasteiger partial charge < -0.3 is 15.0 Å². The van der Waals surface area contributed by atoms with E-state index < -0.39 is 0 Å². The standard InChI is InChI=1S/C21H24N2O3S/c1-27-19-10-8-17(9-11-19)23-15-16(14-20(23)24)21(25)22-12-5-13-26-18-6-3-2-4-7-18/h2-4,6-11,16H,5,12-15H2,1H3,(H,22,25)/t16-/m0/s1. The van der Waals surface area contributed by atoms with Gasteiger partial charge in [-0.25, -0.2) is 0 Å². The highest BCUT2D eigenvalue weighted by Crippen LogP contribution is 2.27. The molecule has 5 nitrogen and oxygen atoms in total. The average Bonchev–Trinajstić information content (AvgIpc) is 3.10. The fraction of sp³-hybridized carbons (Fsp3) is 0.333. The number of benzene rings is 2. The Balaban J connectivity index is 1.42. The molecular weight excluding hydrogens is 360 g/mol. The molecular formula is C21H24N2O3S. The van der Waals surface area contributed by atoms with Gasteiger partial charge in [0.05, 0.1) is 12.5 Å². The molecule has 0 unspecified atom stereocenters. The lowest BCUT2D eigenvalue weighted by molar-refractivity contribution is -0.126. The zero-order valence-corrected chi connectivity index (χ0v) is 16.2. The molecule has 0 bridgehead atoms. The summed E-state index contributed by atoms with van der Waals surface area (Å²) in [5.41, 5.74) is 0.851. The molecule has 2 amide bonds. The number of thioether (sulfide) groups is 1. The van der Waals surface area contributed by atoms with Crippen molar-refractivity contribution in [3.63, 3.8) is 0 Å². The second-order valence-corrected chi connectivity index (χ2v) is 7.29. The highest BCUT2D eigenvalue weighted by atomic mass is 32.2. The van der Waals surface area contributed by atoms with E-state index in [-0.39, 0.29) is 24.2 Å². The van der Waals surface area contributed by atoms with Gasteiger partial charge in [-0.15, -0.1) is 11.8 Å². The van der Waals surface area contributed by atoms with Crippen LogP contribution in [0.4, 0.5) is 5.69 Å². The Morgan fingerprint density at radius 2 is 1.93 bits per heavy atom. The predicted octanol–water partition coefficient (Wildman–Crippen LogP) is 3.35. The number of rotatable bonds is 8. The van der Waals surface area contributed by atoms with E-state index in [1.165, 1.54) is 0 Å². The van der Waals surface area contributed by atoms with Crippen molar-refractivity contribution in [1.29, 1.82) is 0 Å². The minimum Gasteiger partial charge on any atom is -0.494 e. The van der Waals surface area contributed by atoms with Crippen LogP contribution in [0.2, 0.25) is 0 Å². The second kappa shape index (κ2) is 9.46. The molecule has 1 aliphatic rings. The monoisotopic (exact) mass is 384 g/mol. The Morgan fingerprint density at radius 3 is 2.63 bits per heavy atom. The van der Waals surface area contributed by atoms with Crippen molar-refractivity contribution in [3.05, 3.63) is 54.6 Å². The van der Waals surface area contributed by atoms with Crippen molar-refractivity contribution < 1.29 is 14.3 Å². The van der Waals surface area contributed by atoms with Crippen molar-refractivity contribution in [1.82, 2.24) is 5.32 Å². The van der Waals surface area contributed by atoms with Gasteiger partial charge in [0.15, 0.2) is 0 Å². The summed E-state index contributed by atoms with van der Waals surface area (Å²) in [5, 5.41) is 2.92. The molecule has 1 aliphatic heterocycles. The minimum atomic E-state index is -0.298. The number of nitrogens with zero attached hydrogens (tertiary/aromatic N) is 1. The smallest absolute Gasteiger partial charge is 0.227 e. The molecule has 142 valence electrons.